The third kappa shape index (κ3) is 4.57. The number of rotatable bonds is 5. The number of hydrogen-bond donors (Lipinski definition) is 1. The largest absolute Gasteiger partial charge is 0.493 e. The Morgan fingerprint density at radius 2 is 1.76 bits per heavy atom. The molecule has 1 aromatic heterocycles. The van der Waals surface area contributed by atoms with Gasteiger partial charge in [-0.25, -0.2) is 4.79 Å². The minimum Gasteiger partial charge on any atom is -0.493 e. The van der Waals surface area contributed by atoms with Gasteiger partial charge in [0.25, 0.3) is 11.5 Å². The van der Waals surface area contributed by atoms with Crippen molar-refractivity contribution in [3.05, 3.63) is 56.4 Å². The second-order valence-corrected chi connectivity index (χ2v) is 9.16. The molecule has 182 valence electrons. The van der Waals surface area contributed by atoms with Crippen molar-refractivity contribution < 1.29 is 19.1 Å². The Bertz CT molecular complexity index is 1220. The fraction of sp³-hybridized carbons (Fsp3) is 0.500. The van der Waals surface area contributed by atoms with E-state index >= 15 is 0 Å². The third-order valence-corrected chi connectivity index (χ3v) is 6.86. The van der Waals surface area contributed by atoms with E-state index in [-0.39, 0.29) is 23.8 Å². The second kappa shape index (κ2) is 9.36. The lowest BCUT2D eigenvalue weighted by atomic mass is 9.79. The lowest BCUT2D eigenvalue weighted by molar-refractivity contribution is -0.135. The lowest BCUT2D eigenvalue weighted by Gasteiger charge is -2.40. The number of nitrogens with one attached hydrogen (secondary N) is 1. The highest BCUT2D eigenvalue weighted by atomic mass is 16.5. The molecule has 34 heavy (non-hydrogen) atoms. The van der Waals surface area contributed by atoms with Gasteiger partial charge in [0, 0.05) is 48.9 Å². The summed E-state index contributed by atoms with van der Waals surface area (Å²) < 4.78 is 11.8. The van der Waals surface area contributed by atoms with Crippen LogP contribution in [0.5, 0.6) is 11.5 Å². The van der Waals surface area contributed by atoms with E-state index in [4.69, 9.17) is 9.47 Å². The van der Waals surface area contributed by atoms with Crippen LogP contribution >= 0.6 is 0 Å². The topological polar surface area (TPSA) is 114 Å². The number of methoxy groups -OCH3 is 2. The van der Waals surface area contributed by atoms with Crippen LogP contribution in [-0.2, 0) is 11.3 Å². The average molecular weight is 471 g/mol. The molecule has 2 amide bonds. The first-order valence-corrected chi connectivity index (χ1v) is 11.3. The van der Waals surface area contributed by atoms with Gasteiger partial charge in [-0.05, 0) is 44.4 Å². The summed E-state index contributed by atoms with van der Waals surface area (Å²) in [5, 5.41) is 0. The van der Waals surface area contributed by atoms with Gasteiger partial charge < -0.3 is 19.3 Å². The Kier molecular flexibility index (Phi) is 6.49. The van der Waals surface area contributed by atoms with Crippen molar-refractivity contribution in [1.82, 2.24) is 19.4 Å². The van der Waals surface area contributed by atoms with E-state index in [1.807, 2.05) is 4.90 Å². The van der Waals surface area contributed by atoms with Crippen LogP contribution in [0.25, 0.3) is 0 Å². The molecule has 1 spiro atoms. The Morgan fingerprint density at radius 1 is 1.03 bits per heavy atom. The van der Waals surface area contributed by atoms with Gasteiger partial charge >= 0.3 is 5.69 Å². The number of carbonyl (C=O) groups excluding carboxylic acids is 2. The molecule has 0 saturated carbocycles. The highest BCUT2D eigenvalue weighted by Crippen LogP contribution is 2.40. The maximum absolute atomic E-state index is 13.2. The second-order valence-electron chi connectivity index (χ2n) is 9.16. The summed E-state index contributed by atoms with van der Waals surface area (Å²) in [4.78, 5) is 55.7. The van der Waals surface area contributed by atoms with Gasteiger partial charge in [0.05, 0.1) is 14.2 Å². The highest BCUT2D eigenvalue weighted by molar-refractivity contribution is 5.95. The molecule has 0 bridgehead atoms. The summed E-state index contributed by atoms with van der Waals surface area (Å²) in [7, 11) is 3.08. The number of aromatic amines is 1. The van der Waals surface area contributed by atoms with Crippen LogP contribution in [0, 0.1) is 12.3 Å². The first kappa shape index (κ1) is 23.6. The number of H-pyrrole nitrogens is 1. The number of aryl methyl sites for hydroxylation is 1. The summed E-state index contributed by atoms with van der Waals surface area (Å²) >= 11 is 0. The summed E-state index contributed by atoms with van der Waals surface area (Å²) in [6.07, 6.45) is 4.00. The number of amides is 2. The molecule has 0 radical (unpaired) electrons. The number of benzene rings is 1. The fourth-order valence-electron chi connectivity index (χ4n) is 5.00. The molecule has 0 aliphatic carbocycles. The summed E-state index contributed by atoms with van der Waals surface area (Å²) in [6.45, 7) is 3.81. The molecule has 1 aromatic carbocycles. The smallest absolute Gasteiger partial charge is 0.328 e. The van der Waals surface area contributed by atoms with Gasteiger partial charge in [0.15, 0.2) is 11.5 Å². The summed E-state index contributed by atoms with van der Waals surface area (Å²) in [6, 6.07) is 5.14. The van der Waals surface area contributed by atoms with Crippen molar-refractivity contribution in [2.45, 2.75) is 32.7 Å². The van der Waals surface area contributed by atoms with Crippen molar-refractivity contribution in [2.24, 2.45) is 5.41 Å². The Morgan fingerprint density at radius 3 is 2.50 bits per heavy atom. The van der Waals surface area contributed by atoms with Crippen LogP contribution in [0.15, 0.2) is 34.0 Å². The molecule has 2 fully saturated rings. The molecule has 1 unspecified atom stereocenters. The van der Waals surface area contributed by atoms with E-state index in [9.17, 15) is 19.2 Å². The Balaban J connectivity index is 1.44. The molecule has 4 rings (SSSR count). The quantitative estimate of drug-likeness (QED) is 0.698. The van der Waals surface area contributed by atoms with E-state index in [0.717, 1.165) is 19.3 Å². The molecule has 10 heteroatoms. The van der Waals surface area contributed by atoms with Gasteiger partial charge in [0.2, 0.25) is 5.91 Å². The van der Waals surface area contributed by atoms with Gasteiger partial charge in [-0.3, -0.25) is 23.9 Å². The molecule has 3 heterocycles. The van der Waals surface area contributed by atoms with Crippen molar-refractivity contribution in [3.8, 4) is 11.5 Å². The summed E-state index contributed by atoms with van der Waals surface area (Å²) in [5.41, 5.74) is -0.292. The molecule has 1 atom stereocenters. The molecule has 2 aromatic rings. The van der Waals surface area contributed by atoms with Crippen LogP contribution in [0.4, 0.5) is 0 Å². The molecule has 1 N–H and O–H groups in total. The van der Waals surface area contributed by atoms with Crippen molar-refractivity contribution in [3.63, 3.8) is 0 Å². The van der Waals surface area contributed by atoms with Crippen molar-refractivity contribution in [2.75, 3.05) is 40.4 Å². The maximum atomic E-state index is 13.2. The number of hydrogen-bond acceptors (Lipinski definition) is 6. The molecule has 2 aliphatic rings. The molecular formula is C24H30N4O6. The first-order valence-electron chi connectivity index (χ1n) is 11.3. The molecule has 2 saturated heterocycles. The zero-order chi connectivity index (χ0) is 24.5. The van der Waals surface area contributed by atoms with Crippen LogP contribution in [-0.4, -0.2) is 71.6 Å². The highest BCUT2D eigenvalue weighted by Gasteiger charge is 2.44. The third-order valence-electron chi connectivity index (χ3n) is 6.86. The number of carbonyl (C=O) groups is 2. The van der Waals surface area contributed by atoms with Gasteiger partial charge in [0.1, 0.15) is 6.54 Å². The van der Waals surface area contributed by atoms with Crippen molar-refractivity contribution >= 4 is 11.8 Å². The van der Waals surface area contributed by atoms with Crippen LogP contribution in [0.1, 0.15) is 35.2 Å². The standard InChI is InChI=1S/C24H30N4O6/c1-16-12-28(23(32)25-21(16)30)13-20(29)26-9-4-7-24(14-26)8-10-27(15-24)22(31)17-5-6-18(33-2)19(11-17)34-3/h5-6,11-12H,4,7-10,13-15H2,1-3H3,(H,25,30,32). The molecule has 2 aliphatic heterocycles. The first-order chi connectivity index (χ1) is 16.2. The predicted molar refractivity (Wildman–Crippen MR) is 124 cm³/mol. The minimum atomic E-state index is -0.594. The normalized spacial score (nSPS) is 20.0. The number of piperidine rings is 1. The van der Waals surface area contributed by atoms with Gasteiger partial charge in [-0.1, -0.05) is 0 Å². The number of ether oxygens (including phenoxy) is 2. The number of nitrogens with zero attached hydrogens (tertiary/aromatic N) is 3. The Hall–Kier alpha value is -3.56. The van der Waals surface area contributed by atoms with Gasteiger partial charge in [-0.2, -0.15) is 0 Å². The molecule has 10 nitrogen and oxygen atoms in total. The minimum absolute atomic E-state index is 0.0726. The van der Waals surface area contributed by atoms with E-state index in [1.165, 1.54) is 17.9 Å². The fourth-order valence-corrected chi connectivity index (χ4v) is 5.00. The number of aromatic nitrogens is 2. The van der Waals surface area contributed by atoms with E-state index in [2.05, 4.69) is 4.98 Å². The summed E-state index contributed by atoms with van der Waals surface area (Å²) in [5.74, 6) is 0.827. The lowest BCUT2D eigenvalue weighted by Crippen LogP contribution is -2.49. The Labute approximate surface area is 197 Å². The van der Waals surface area contributed by atoms with E-state index < -0.39 is 11.2 Å². The van der Waals surface area contributed by atoms with Crippen LogP contribution in [0.3, 0.4) is 0 Å². The molecular weight excluding hydrogens is 440 g/mol. The monoisotopic (exact) mass is 470 g/mol. The van der Waals surface area contributed by atoms with E-state index in [0.29, 0.717) is 48.8 Å². The van der Waals surface area contributed by atoms with Gasteiger partial charge in [-0.15, -0.1) is 0 Å². The van der Waals surface area contributed by atoms with E-state index in [1.54, 1.807) is 37.1 Å². The SMILES string of the molecule is COc1ccc(C(=O)N2CCC3(CCCN(C(=O)Cn4cc(C)c(=O)[nH]c4=O)C3)C2)cc1OC. The van der Waals surface area contributed by atoms with Crippen molar-refractivity contribution in [1.29, 1.82) is 0 Å². The average Bonchev–Trinajstić information content (AvgIpc) is 3.24. The zero-order valence-corrected chi connectivity index (χ0v) is 19.8. The maximum Gasteiger partial charge on any atom is 0.328 e. The van der Waals surface area contributed by atoms with Crippen LogP contribution in [0.2, 0.25) is 0 Å². The zero-order valence-electron chi connectivity index (χ0n) is 19.8. The predicted octanol–water partition coefficient (Wildman–Crippen LogP) is 1.02. The van der Waals surface area contributed by atoms with Crippen LogP contribution < -0.4 is 20.7 Å². The number of likely N-dealkylation sites (tertiary alicyclic amines) is 2.